The molecule has 0 spiro atoms. The predicted molar refractivity (Wildman–Crippen MR) is 120 cm³/mol. The molecular formula is C22H14Br2N2O4. The van der Waals surface area contributed by atoms with Gasteiger partial charge in [-0.15, -0.1) is 0 Å². The van der Waals surface area contributed by atoms with Gasteiger partial charge in [0, 0.05) is 14.5 Å². The molecule has 1 aliphatic rings. The number of aryl methyl sites for hydroxylation is 1. The third kappa shape index (κ3) is 3.88. The highest BCUT2D eigenvalue weighted by Gasteiger charge is 2.37. The minimum Gasteiger partial charge on any atom is -0.457 e. The number of rotatable bonds is 3. The quantitative estimate of drug-likeness (QED) is 0.361. The lowest BCUT2D eigenvalue weighted by molar-refractivity contribution is -0.122. The Hall–Kier alpha value is -2.97. The molecule has 0 aliphatic carbocycles. The highest BCUT2D eigenvalue weighted by molar-refractivity contribution is 9.10. The topological polar surface area (TPSA) is 79.6 Å². The second kappa shape index (κ2) is 8.04. The van der Waals surface area contributed by atoms with E-state index in [2.05, 4.69) is 37.2 Å². The molecular weight excluding hydrogens is 516 g/mol. The van der Waals surface area contributed by atoms with Crippen LogP contribution in [0.5, 0.6) is 0 Å². The summed E-state index contributed by atoms with van der Waals surface area (Å²) in [5, 5.41) is 2.21. The smallest absolute Gasteiger partial charge is 0.335 e. The van der Waals surface area contributed by atoms with Crippen LogP contribution in [-0.2, 0) is 9.59 Å². The second-order valence-corrected chi connectivity index (χ2v) is 8.37. The minimum absolute atomic E-state index is 0.188. The number of benzene rings is 2. The van der Waals surface area contributed by atoms with Crippen molar-refractivity contribution in [3.8, 4) is 11.3 Å². The number of amides is 4. The number of halogens is 2. The molecule has 4 amide bonds. The van der Waals surface area contributed by atoms with Crippen molar-refractivity contribution in [2.45, 2.75) is 6.92 Å². The van der Waals surface area contributed by atoms with Crippen LogP contribution in [0.4, 0.5) is 10.5 Å². The number of nitrogens with zero attached hydrogens (tertiary/aromatic N) is 1. The molecule has 1 saturated heterocycles. The highest BCUT2D eigenvalue weighted by atomic mass is 79.9. The van der Waals surface area contributed by atoms with Crippen molar-refractivity contribution < 1.29 is 18.8 Å². The highest BCUT2D eigenvalue weighted by Crippen LogP contribution is 2.28. The van der Waals surface area contributed by atoms with E-state index in [1.54, 1.807) is 30.3 Å². The van der Waals surface area contributed by atoms with E-state index < -0.39 is 17.8 Å². The Kier molecular flexibility index (Phi) is 5.44. The van der Waals surface area contributed by atoms with Crippen LogP contribution in [0.1, 0.15) is 11.3 Å². The van der Waals surface area contributed by atoms with Gasteiger partial charge in [0.1, 0.15) is 17.1 Å². The van der Waals surface area contributed by atoms with Gasteiger partial charge in [0.25, 0.3) is 11.8 Å². The van der Waals surface area contributed by atoms with Crippen LogP contribution in [0.15, 0.2) is 73.5 Å². The van der Waals surface area contributed by atoms with Crippen LogP contribution < -0.4 is 10.2 Å². The van der Waals surface area contributed by atoms with Gasteiger partial charge in [-0.25, -0.2) is 9.69 Å². The summed E-state index contributed by atoms with van der Waals surface area (Å²) in [5.74, 6) is -0.564. The number of urea groups is 1. The number of hydrogen-bond donors (Lipinski definition) is 1. The summed E-state index contributed by atoms with van der Waals surface area (Å²) in [4.78, 5) is 38.6. The number of barbiturate groups is 1. The average molecular weight is 530 g/mol. The van der Waals surface area contributed by atoms with E-state index in [4.69, 9.17) is 4.42 Å². The molecule has 0 atom stereocenters. The standard InChI is InChI=1S/C22H14Br2N2O4/c1-12-10-15(6-8-18(12)24)26-21(28)17(20(27)25-22(26)29)11-16-7-9-19(30-16)13-2-4-14(23)5-3-13/h2-11H,1H3,(H,25,27,29)/b17-11-. The first-order valence-electron chi connectivity index (χ1n) is 8.87. The van der Waals surface area contributed by atoms with E-state index in [0.717, 1.165) is 25.0 Å². The molecule has 1 N–H and O–H groups in total. The molecule has 8 heteroatoms. The molecule has 0 saturated carbocycles. The Balaban J connectivity index is 1.67. The zero-order valence-electron chi connectivity index (χ0n) is 15.6. The van der Waals surface area contributed by atoms with E-state index >= 15 is 0 Å². The van der Waals surface area contributed by atoms with Gasteiger partial charge in [0.15, 0.2) is 0 Å². The molecule has 0 bridgehead atoms. The van der Waals surface area contributed by atoms with Crippen LogP contribution in [0, 0.1) is 6.92 Å². The number of carbonyl (C=O) groups excluding carboxylic acids is 3. The van der Waals surface area contributed by atoms with Gasteiger partial charge in [-0.05, 0) is 61.0 Å². The largest absolute Gasteiger partial charge is 0.457 e. The Morgan fingerprint density at radius 3 is 2.40 bits per heavy atom. The molecule has 30 heavy (non-hydrogen) atoms. The van der Waals surface area contributed by atoms with Crippen LogP contribution >= 0.6 is 31.9 Å². The Morgan fingerprint density at radius 2 is 1.70 bits per heavy atom. The van der Waals surface area contributed by atoms with Crippen molar-refractivity contribution in [1.82, 2.24) is 5.32 Å². The van der Waals surface area contributed by atoms with Crippen LogP contribution in [0.25, 0.3) is 17.4 Å². The van der Waals surface area contributed by atoms with E-state index in [1.807, 2.05) is 31.2 Å². The van der Waals surface area contributed by atoms with Gasteiger partial charge in [-0.3, -0.25) is 14.9 Å². The molecule has 0 radical (unpaired) electrons. The zero-order chi connectivity index (χ0) is 21.4. The Morgan fingerprint density at radius 1 is 0.967 bits per heavy atom. The fraction of sp³-hybridized carbons (Fsp3) is 0.0455. The molecule has 2 heterocycles. The lowest BCUT2D eigenvalue weighted by Gasteiger charge is -2.26. The molecule has 2 aromatic carbocycles. The minimum atomic E-state index is -0.793. The number of hydrogen-bond acceptors (Lipinski definition) is 4. The summed E-state index contributed by atoms with van der Waals surface area (Å²) >= 11 is 6.77. The van der Waals surface area contributed by atoms with E-state index in [1.165, 1.54) is 6.08 Å². The SMILES string of the molecule is Cc1cc(N2C(=O)NC(=O)/C(=C/c3ccc(-c4ccc(Br)cc4)o3)C2=O)ccc1Br. The monoisotopic (exact) mass is 528 g/mol. The fourth-order valence-corrected chi connectivity index (χ4v) is 3.51. The van der Waals surface area contributed by atoms with E-state index in [0.29, 0.717) is 17.2 Å². The molecule has 1 fully saturated rings. The van der Waals surface area contributed by atoms with Crippen molar-refractivity contribution in [2.24, 2.45) is 0 Å². The lowest BCUT2D eigenvalue weighted by Crippen LogP contribution is -2.54. The van der Waals surface area contributed by atoms with Gasteiger partial charge < -0.3 is 4.42 Å². The number of nitrogens with one attached hydrogen (secondary N) is 1. The third-order valence-corrected chi connectivity index (χ3v) is 5.96. The summed E-state index contributed by atoms with van der Waals surface area (Å²) < 4.78 is 7.57. The number of carbonyl (C=O) groups is 3. The molecule has 1 aliphatic heterocycles. The number of imide groups is 2. The van der Waals surface area contributed by atoms with Gasteiger partial charge in [0.05, 0.1) is 5.69 Å². The Labute approximate surface area is 188 Å². The normalized spacial score (nSPS) is 15.6. The zero-order valence-corrected chi connectivity index (χ0v) is 18.8. The van der Waals surface area contributed by atoms with E-state index in [9.17, 15) is 14.4 Å². The van der Waals surface area contributed by atoms with Crippen LogP contribution in [0.2, 0.25) is 0 Å². The molecule has 4 rings (SSSR count). The van der Waals surface area contributed by atoms with Gasteiger partial charge in [-0.1, -0.05) is 44.0 Å². The van der Waals surface area contributed by atoms with Crippen LogP contribution in [-0.4, -0.2) is 17.8 Å². The average Bonchev–Trinajstić information content (AvgIpc) is 3.17. The number of anilines is 1. The predicted octanol–water partition coefficient (Wildman–Crippen LogP) is 5.45. The first kappa shape index (κ1) is 20.3. The molecule has 1 aromatic heterocycles. The van der Waals surface area contributed by atoms with E-state index in [-0.39, 0.29) is 5.57 Å². The first-order chi connectivity index (χ1) is 14.3. The molecule has 3 aromatic rings. The molecule has 6 nitrogen and oxygen atoms in total. The Bertz CT molecular complexity index is 1210. The summed E-state index contributed by atoms with van der Waals surface area (Å²) in [6.07, 6.45) is 1.34. The van der Waals surface area contributed by atoms with Crippen molar-refractivity contribution in [2.75, 3.05) is 4.90 Å². The van der Waals surface area contributed by atoms with Crippen molar-refractivity contribution >= 4 is 61.5 Å². The van der Waals surface area contributed by atoms with Crippen molar-refractivity contribution in [1.29, 1.82) is 0 Å². The number of furan rings is 1. The maximum Gasteiger partial charge on any atom is 0.335 e. The van der Waals surface area contributed by atoms with Gasteiger partial charge in [0.2, 0.25) is 0 Å². The lowest BCUT2D eigenvalue weighted by atomic mass is 10.1. The van der Waals surface area contributed by atoms with Crippen LogP contribution in [0.3, 0.4) is 0 Å². The fourth-order valence-electron chi connectivity index (χ4n) is 3.00. The maximum absolute atomic E-state index is 13.0. The molecule has 150 valence electrons. The summed E-state index contributed by atoms with van der Waals surface area (Å²) in [6, 6.07) is 15.2. The second-order valence-electron chi connectivity index (χ2n) is 6.60. The summed E-state index contributed by atoms with van der Waals surface area (Å²) in [7, 11) is 0. The van der Waals surface area contributed by atoms with Gasteiger partial charge >= 0.3 is 6.03 Å². The third-order valence-electron chi connectivity index (χ3n) is 4.54. The van der Waals surface area contributed by atoms with Gasteiger partial charge in [-0.2, -0.15) is 0 Å². The molecule has 0 unspecified atom stereocenters. The van der Waals surface area contributed by atoms with Crippen molar-refractivity contribution in [3.05, 3.63) is 80.4 Å². The maximum atomic E-state index is 13.0. The first-order valence-corrected chi connectivity index (χ1v) is 10.5. The summed E-state index contributed by atoms with van der Waals surface area (Å²) in [6.45, 7) is 1.84. The summed E-state index contributed by atoms with van der Waals surface area (Å²) in [5.41, 5.74) is 1.88. The van der Waals surface area contributed by atoms with Crippen molar-refractivity contribution in [3.63, 3.8) is 0 Å².